The van der Waals surface area contributed by atoms with Gasteiger partial charge in [-0.15, -0.1) is 0 Å². The highest BCUT2D eigenvalue weighted by Crippen LogP contribution is 2.08. The van der Waals surface area contributed by atoms with Crippen molar-refractivity contribution in [2.45, 2.75) is 70.5 Å². The van der Waals surface area contributed by atoms with Crippen LogP contribution in [0.1, 0.15) is 58.3 Å². The van der Waals surface area contributed by atoms with E-state index >= 15 is 0 Å². The summed E-state index contributed by atoms with van der Waals surface area (Å²) in [6, 6.07) is 0. The zero-order valence-corrected chi connectivity index (χ0v) is 22.0. The van der Waals surface area contributed by atoms with Crippen molar-refractivity contribution in [3.8, 4) is 0 Å². The van der Waals surface area contributed by atoms with Crippen molar-refractivity contribution in [2.75, 3.05) is 27.7 Å². The van der Waals surface area contributed by atoms with Crippen LogP contribution in [0, 0.1) is 0 Å². The van der Waals surface area contributed by atoms with Crippen molar-refractivity contribution >= 4 is 11.9 Å². The van der Waals surface area contributed by atoms with E-state index in [0.717, 1.165) is 25.7 Å². The van der Waals surface area contributed by atoms with Crippen LogP contribution in [-0.4, -0.2) is 66.5 Å². The molecule has 0 saturated heterocycles. The fourth-order valence-corrected chi connectivity index (χ4v) is 3.06. The first kappa shape index (κ1) is 32.3. The number of rotatable bonds is 19. The lowest BCUT2D eigenvalue weighted by Crippen LogP contribution is -2.43. The lowest BCUT2D eigenvalue weighted by molar-refractivity contribution is -0.873. The highest BCUT2D eigenvalue weighted by molar-refractivity contribution is 5.71. The molecule has 0 rings (SSSR count). The average molecular weight is 489 g/mol. The zero-order chi connectivity index (χ0) is 26.4. The first-order chi connectivity index (χ1) is 16.6. The van der Waals surface area contributed by atoms with Crippen LogP contribution < -0.4 is 0 Å². The summed E-state index contributed by atoms with van der Waals surface area (Å²) in [5, 5.41) is 19.0. The SMILES string of the molecule is CC/C=C/C/C=C/C/C=C/C/C=C/C=C/C(O)C/C=C/CCC(=O)OC(CC(=O)O)C[N+](C)(C)C. The Kier molecular flexibility index (Phi) is 19.1. The standard InChI is InChI=1S/C29H45NO5/c1-5-6-7-8-9-10-11-12-13-14-15-16-18-21-26(31)22-19-17-20-23-29(34)35-27(24-28(32)33)25-30(2,3)4/h6-7,9-10,12-13,15-19,21,26-27,31H,5,8,11,14,20,22-25H2,1-4H3/p+1/b7-6+,10-9+,13-12+,16-15+,19-17+,21-18+. The van der Waals surface area contributed by atoms with Crippen LogP contribution in [-0.2, 0) is 14.3 Å². The van der Waals surface area contributed by atoms with Crippen molar-refractivity contribution < 1.29 is 29.0 Å². The molecular weight excluding hydrogens is 442 g/mol. The maximum Gasteiger partial charge on any atom is 0.307 e. The highest BCUT2D eigenvalue weighted by Gasteiger charge is 2.24. The second-order valence-corrected chi connectivity index (χ2v) is 9.34. The molecule has 2 atom stereocenters. The smallest absolute Gasteiger partial charge is 0.307 e. The molecule has 0 aromatic rings. The van der Waals surface area contributed by atoms with Crippen molar-refractivity contribution in [3.63, 3.8) is 0 Å². The molecule has 6 heteroatoms. The lowest BCUT2D eigenvalue weighted by Gasteiger charge is -2.28. The summed E-state index contributed by atoms with van der Waals surface area (Å²) < 4.78 is 5.86. The Morgan fingerprint density at radius 2 is 1.46 bits per heavy atom. The number of carboxylic acids is 1. The van der Waals surface area contributed by atoms with Gasteiger partial charge in [-0.2, -0.15) is 0 Å². The summed E-state index contributed by atoms with van der Waals surface area (Å²) in [5.74, 6) is -1.39. The van der Waals surface area contributed by atoms with Crippen LogP contribution in [0.3, 0.4) is 0 Å². The van der Waals surface area contributed by atoms with Crippen molar-refractivity contribution in [1.82, 2.24) is 0 Å². The molecule has 196 valence electrons. The highest BCUT2D eigenvalue weighted by atomic mass is 16.5. The number of likely N-dealkylation sites (N-methyl/N-ethyl adjacent to an activating group) is 1. The summed E-state index contributed by atoms with van der Waals surface area (Å²) in [6.45, 7) is 2.57. The van der Waals surface area contributed by atoms with Gasteiger partial charge in [-0.05, 0) is 38.5 Å². The van der Waals surface area contributed by atoms with Crippen molar-refractivity contribution in [2.24, 2.45) is 0 Å². The number of aliphatic hydroxyl groups excluding tert-OH is 1. The largest absolute Gasteiger partial charge is 0.481 e. The van der Waals surface area contributed by atoms with E-state index in [1.807, 2.05) is 51.5 Å². The number of hydrogen-bond donors (Lipinski definition) is 2. The molecule has 0 spiro atoms. The molecule has 0 aliphatic rings. The van der Waals surface area contributed by atoms with E-state index in [1.165, 1.54) is 0 Å². The molecule has 0 saturated carbocycles. The third-order valence-electron chi connectivity index (χ3n) is 4.64. The summed E-state index contributed by atoms with van der Waals surface area (Å²) in [7, 11) is 5.77. The predicted molar refractivity (Wildman–Crippen MR) is 144 cm³/mol. The van der Waals surface area contributed by atoms with Gasteiger partial charge in [0.05, 0.1) is 33.7 Å². The number of nitrogens with zero attached hydrogens (tertiary/aromatic N) is 1. The number of aliphatic hydroxyl groups is 1. The van der Waals surface area contributed by atoms with Gasteiger partial charge >= 0.3 is 11.9 Å². The minimum Gasteiger partial charge on any atom is -0.481 e. The second kappa shape index (κ2) is 20.7. The lowest BCUT2D eigenvalue weighted by atomic mass is 10.2. The summed E-state index contributed by atoms with van der Waals surface area (Å²) in [6.07, 6.45) is 27.7. The molecule has 0 aromatic carbocycles. The summed E-state index contributed by atoms with van der Waals surface area (Å²) in [5.41, 5.74) is 0. The zero-order valence-electron chi connectivity index (χ0n) is 22.0. The second-order valence-electron chi connectivity index (χ2n) is 9.34. The predicted octanol–water partition coefficient (Wildman–Crippen LogP) is 5.53. The Hall–Kier alpha value is -2.70. The third-order valence-corrected chi connectivity index (χ3v) is 4.64. The number of carbonyl (C=O) groups excluding carboxylic acids is 1. The van der Waals surface area contributed by atoms with Gasteiger partial charge in [0.1, 0.15) is 6.54 Å². The van der Waals surface area contributed by atoms with E-state index in [1.54, 1.807) is 6.08 Å². The fourth-order valence-electron chi connectivity index (χ4n) is 3.06. The van der Waals surface area contributed by atoms with Gasteiger partial charge in [0.25, 0.3) is 0 Å². The third kappa shape index (κ3) is 24.2. The molecule has 0 fully saturated rings. The van der Waals surface area contributed by atoms with E-state index in [-0.39, 0.29) is 12.8 Å². The first-order valence-electron chi connectivity index (χ1n) is 12.5. The molecule has 0 aliphatic carbocycles. The van der Waals surface area contributed by atoms with E-state index in [2.05, 4.69) is 43.4 Å². The first-order valence-corrected chi connectivity index (χ1v) is 12.5. The molecular formula is C29H46NO5+. The van der Waals surface area contributed by atoms with E-state index in [4.69, 9.17) is 9.84 Å². The van der Waals surface area contributed by atoms with Gasteiger partial charge in [0.15, 0.2) is 6.10 Å². The van der Waals surface area contributed by atoms with Crippen LogP contribution in [0.25, 0.3) is 0 Å². The van der Waals surface area contributed by atoms with Crippen LogP contribution in [0.2, 0.25) is 0 Å². The molecule has 0 heterocycles. The van der Waals surface area contributed by atoms with Crippen molar-refractivity contribution in [3.05, 3.63) is 72.9 Å². The molecule has 0 radical (unpaired) electrons. The quantitative estimate of drug-likeness (QED) is 0.108. The number of aliphatic carboxylic acids is 1. The van der Waals surface area contributed by atoms with Crippen LogP contribution in [0.15, 0.2) is 72.9 Å². The minimum atomic E-state index is -0.983. The number of carbonyl (C=O) groups is 2. The number of quaternary nitrogens is 1. The number of carboxylic acid groups (broad SMARTS) is 1. The summed E-state index contributed by atoms with van der Waals surface area (Å²) >= 11 is 0. The molecule has 0 bridgehead atoms. The molecule has 0 amide bonds. The number of ether oxygens (including phenoxy) is 1. The number of hydrogen-bond acceptors (Lipinski definition) is 4. The van der Waals surface area contributed by atoms with Gasteiger partial charge in [-0.25, -0.2) is 0 Å². The topological polar surface area (TPSA) is 83.8 Å². The molecule has 0 aromatic heterocycles. The van der Waals surface area contributed by atoms with E-state index in [0.29, 0.717) is 23.9 Å². The number of esters is 1. The Balaban J connectivity index is 4.07. The Labute approximate surface area is 212 Å². The Bertz CT molecular complexity index is 754. The molecule has 35 heavy (non-hydrogen) atoms. The van der Waals surface area contributed by atoms with Gasteiger partial charge < -0.3 is 19.4 Å². The van der Waals surface area contributed by atoms with Gasteiger partial charge in [0, 0.05) is 6.42 Å². The fraction of sp³-hybridized carbons (Fsp3) is 0.517. The van der Waals surface area contributed by atoms with Crippen LogP contribution in [0.4, 0.5) is 0 Å². The Morgan fingerprint density at radius 1 is 0.857 bits per heavy atom. The van der Waals surface area contributed by atoms with Gasteiger partial charge in [0.2, 0.25) is 0 Å². The average Bonchev–Trinajstić information content (AvgIpc) is 2.75. The molecule has 0 aliphatic heterocycles. The monoisotopic (exact) mass is 488 g/mol. The summed E-state index contributed by atoms with van der Waals surface area (Å²) in [4.78, 5) is 23.0. The normalized spacial score (nSPS) is 14.9. The molecule has 2 N–H and O–H groups in total. The van der Waals surface area contributed by atoms with E-state index in [9.17, 15) is 14.7 Å². The van der Waals surface area contributed by atoms with Gasteiger partial charge in [-0.3, -0.25) is 9.59 Å². The minimum absolute atomic E-state index is 0.178. The molecule has 6 nitrogen and oxygen atoms in total. The van der Waals surface area contributed by atoms with Crippen LogP contribution in [0.5, 0.6) is 0 Å². The van der Waals surface area contributed by atoms with Crippen molar-refractivity contribution in [1.29, 1.82) is 0 Å². The molecule has 2 unspecified atom stereocenters. The maximum atomic E-state index is 12.0. The maximum absolute atomic E-state index is 12.0. The number of allylic oxidation sites excluding steroid dienone is 10. The van der Waals surface area contributed by atoms with Gasteiger partial charge in [-0.1, -0.05) is 79.8 Å². The van der Waals surface area contributed by atoms with Crippen LogP contribution >= 0.6 is 0 Å². The Morgan fingerprint density at radius 3 is 2.03 bits per heavy atom. The van der Waals surface area contributed by atoms with E-state index < -0.39 is 24.1 Å².